The molecular weight excluding hydrogens is 270 g/mol. The van der Waals surface area contributed by atoms with Crippen LogP contribution in [0, 0.1) is 13.8 Å². The van der Waals surface area contributed by atoms with E-state index in [1.165, 1.54) is 11.3 Å². The minimum atomic E-state index is 0.0850. The van der Waals surface area contributed by atoms with Gasteiger partial charge in [0.2, 0.25) is 0 Å². The van der Waals surface area contributed by atoms with E-state index >= 15 is 0 Å². The smallest absolute Gasteiger partial charge is 0.262 e. The Labute approximate surface area is 123 Å². The minimum Gasteiger partial charge on any atom is -0.312 e. The van der Waals surface area contributed by atoms with Gasteiger partial charge in [-0.3, -0.25) is 9.36 Å². The van der Waals surface area contributed by atoms with Crippen LogP contribution < -0.4 is 10.9 Å². The van der Waals surface area contributed by atoms with E-state index in [9.17, 15) is 4.79 Å². The Kier molecular flexibility index (Phi) is 4.94. The molecule has 5 heteroatoms. The first kappa shape index (κ1) is 15.2. The lowest BCUT2D eigenvalue weighted by Gasteiger charge is -2.13. The van der Waals surface area contributed by atoms with Crippen molar-refractivity contribution in [1.82, 2.24) is 14.9 Å². The van der Waals surface area contributed by atoms with Crippen molar-refractivity contribution < 1.29 is 0 Å². The molecule has 0 saturated carbocycles. The van der Waals surface area contributed by atoms with Crippen molar-refractivity contribution in [3.8, 4) is 0 Å². The standard InChI is InChI=1S/C15H23N3OS/c1-5-6-10(2)16-7-8-18-9-17-14-13(15(18)19)11(3)12(4)20-14/h9-10,16H,5-8H2,1-4H3. The number of fused-ring (bicyclic) bond motifs is 1. The minimum absolute atomic E-state index is 0.0850. The molecule has 2 aromatic heterocycles. The summed E-state index contributed by atoms with van der Waals surface area (Å²) in [5.74, 6) is 0. The molecule has 0 aliphatic heterocycles. The molecule has 0 aliphatic carbocycles. The van der Waals surface area contributed by atoms with Crippen molar-refractivity contribution in [1.29, 1.82) is 0 Å². The lowest BCUT2D eigenvalue weighted by molar-refractivity contribution is 0.481. The Morgan fingerprint density at radius 2 is 2.20 bits per heavy atom. The summed E-state index contributed by atoms with van der Waals surface area (Å²) < 4.78 is 1.72. The lowest BCUT2D eigenvalue weighted by atomic mass is 10.2. The van der Waals surface area contributed by atoms with Gasteiger partial charge in [-0.15, -0.1) is 11.3 Å². The third-order valence-electron chi connectivity index (χ3n) is 3.72. The summed E-state index contributed by atoms with van der Waals surface area (Å²) >= 11 is 1.60. The van der Waals surface area contributed by atoms with Crippen LogP contribution in [0.1, 0.15) is 37.1 Å². The Balaban J connectivity index is 2.13. The first-order valence-corrected chi connectivity index (χ1v) is 8.04. The van der Waals surface area contributed by atoms with Crippen LogP contribution in [0.15, 0.2) is 11.1 Å². The largest absolute Gasteiger partial charge is 0.312 e. The highest BCUT2D eigenvalue weighted by Gasteiger charge is 2.11. The monoisotopic (exact) mass is 293 g/mol. The van der Waals surface area contributed by atoms with E-state index in [0.29, 0.717) is 12.6 Å². The summed E-state index contributed by atoms with van der Waals surface area (Å²) in [6.45, 7) is 9.88. The number of nitrogens with zero attached hydrogens (tertiary/aromatic N) is 2. The van der Waals surface area contributed by atoms with Crippen LogP contribution in [0.2, 0.25) is 0 Å². The second-order valence-corrected chi connectivity index (χ2v) is 6.55. The molecule has 1 unspecified atom stereocenters. The van der Waals surface area contributed by atoms with Gasteiger partial charge in [-0.1, -0.05) is 13.3 Å². The van der Waals surface area contributed by atoms with Gasteiger partial charge in [-0.2, -0.15) is 0 Å². The summed E-state index contributed by atoms with van der Waals surface area (Å²) in [5.41, 5.74) is 1.16. The van der Waals surface area contributed by atoms with Crippen molar-refractivity contribution in [3.05, 3.63) is 27.1 Å². The van der Waals surface area contributed by atoms with Gasteiger partial charge < -0.3 is 5.32 Å². The number of nitrogens with one attached hydrogen (secondary N) is 1. The van der Waals surface area contributed by atoms with Crippen LogP contribution in [0.25, 0.3) is 10.2 Å². The maximum absolute atomic E-state index is 12.5. The zero-order chi connectivity index (χ0) is 14.7. The predicted molar refractivity (Wildman–Crippen MR) is 85.7 cm³/mol. The van der Waals surface area contributed by atoms with Gasteiger partial charge in [0.05, 0.1) is 11.7 Å². The fourth-order valence-corrected chi connectivity index (χ4v) is 3.38. The number of hydrogen-bond donors (Lipinski definition) is 1. The summed E-state index contributed by atoms with van der Waals surface area (Å²) in [7, 11) is 0. The summed E-state index contributed by atoms with van der Waals surface area (Å²) in [6.07, 6.45) is 4.01. The van der Waals surface area contributed by atoms with Crippen LogP contribution in [-0.2, 0) is 6.54 Å². The third kappa shape index (κ3) is 3.10. The molecule has 0 amide bonds. The van der Waals surface area contributed by atoms with Crippen LogP contribution in [0.4, 0.5) is 0 Å². The molecule has 0 radical (unpaired) electrons. The van der Waals surface area contributed by atoms with E-state index in [2.05, 4.69) is 24.1 Å². The van der Waals surface area contributed by atoms with Gasteiger partial charge in [0.1, 0.15) is 4.83 Å². The molecule has 20 heavy (non-hydrogen) atoms. The molecule has 0 saturated heterocycles. The van der Waals surface area contributed by atoms with Crippen molar-refractivity contribution in [2.45, 2.75) is 53.1 Å². The van der Waals surface area contributed by atoms with Gasteiger partial charge >= 0.3 is 0 Å². The number of aromatic nitrogens is 2. The quantitative estimate of drug-likeness (QED) is 0.891. The van der Waals surface area contributed by atoms with Crippen LogP contribution in [0.3, 0.4) is 0 Å². The fraction of sp³-hybridized carbons (Fsp3) is 0.600. The molecule has 0 bridgehead atoms. The number of rotatable bonds is 6. The molecule has 0 aromatic carbocycles. The van der Waals surface area contributed by atoms with Crippen LogP contribution in [-0.4, -0.2) is 22.1 Å². The molecule has 2 aromatic rings. The Bertz CT molecular complexity index is 644. The molecule has 0 fully saturated rings. The van der Waals surface area contributed by atoms with Gasteiger partial charge in [-0.05, 0) is 32.8 Å². The lowest BCUT2D eigenvalue weighted by Crippen LogP contribution is -2.32. The van der Waals surface area contributed by atoms with E-state index in [4.69, 9.17) is 0 Å². The molecule has 2 heterocycles. The second-order valence-electron chi connectivity index (χ2n) is 5.35. The van der Waals surface area contributed by atoms with Gasteiger partial charge in [-0.25, -0.2) is 4.98 Å². The maximum atomic E-state index is 12.5. The van der Waals surface area contributed by atoms with Gasteiger partial charge in [0, 0.05) is 24.0 Å². The molecule has 110 valence electrons. The van der Waals surface area contributed by atoms with Gasteiger partial charge in [0.15, 0.2) is 0 Å². The number of thiophene rings is 1. The topological polar surface area (TPSA) is 46.9 Å². The molecule has 0 spiro atoms. The van der Waals surface area contributed by atoms with E-state index in [1.54, 1.807) is 22.2 Å². The molecule has 2 rings (SSSR count). The second kappa shape index (κ2) is 6.50. The molecule has 1 N–H and O–H groups in total. The highest BCUT2D eigenvalue weighted by molar-refractivity contribution is 7.18. The van der Waals surface area contributed by atoms with Crippen molar-refractivity contribution in [2.24, 2.45) is 0 Å². The van der Waals surface area contributed by atoms with Crippen molar-refractivity contribution in [3.63, 3.8) is 0 Å². The van der Waals surface area contributed by atoms with Crippen LogP contribution >= 0.6 is 11.3 Å². The third-order valence-corrected chi connectivity index (χ3v) is 4.84. The van der Waals surface area contributed by atoms with E-state index in [0.717, 1.165) is 28.7 Å². The van der Waals surface area contributed by atoms with Crippen molar-refractivity contribution >= 4 is 21.6 Å². The average Bonchev–Trinajstić information content (AvgIpc) is 2.69. The van der Waals surface area contributed by atoms with E-state index in [1.807, 2.05) is 13.8 Å². The van der Waals surface area contributed by atoms with Crippen molar-refractivity contribution in [2.75, 3.05) is 6.54 Å². The highest BCUT2D eigenvalue weighted by Crippen LogP contribution is 2.25. The Morgan fingerprint density at radius 1 is 1.45 bits per heavy atom. The fourth-order valence-electron chi connectivity index (χ4n) is 2.40. The predicted octanol–water partition coefficient (Wildman–Crippen LogP) is 2.85. The van der Waals surface area contributed by atoms with Gasteiger partial charge in [0.25, 0.3) is 5.56 Å². The molecule has 4 nitrogen and oxygen atoms in total. The SMILES string of the molecule is CCCC(C)NCCn1cnc2sc(C)c(C)c2c1=O. The van der Waals surface area contributed by atoms with E-state index in [-0.39, 0.29) is 5.56 Å². The highest BCUT2D eigenvalue weighted by atomic mass is 32.1. The van der Waals surface area contributed by atoms with Crippen LogP contribution in [0.5, 0.6) is 0 Å². The first-order chi connectivity index (χ1) is 9.54. The Hall–Kier alpha value is -1.20. The Morgan fingerprint density at radius 3 is 2.90 bits per heavy atom. The normalized spacial score (nSPS) is 13.0. The summed E-state index contributed by atoms with van der Waals surface area (Å²) in [6, 6.07) is 0.498. The average molecular weight is 293 g/mol. The molecule has 1 atom stereocenters. The maximum Gasteiger partial charge on any atom is 0.262 e. The summed E-state index contributed by atoms with van der Waals surface area (Å²) in [4.78, 5) is 18.9. The zero-order valence-electron chi connectivity index (χ0n) is 12.7. The first-order valence-electron chi connectivity index (χ1n) is 7.23. The van der Waals surface area contributed by atoms with E-state index < -0.39 is 0 Å². The summed E-state index contributed by atoms with van der Waals surface area (Å²) in [5, 5.41) is 4.23. The number of hydrogen-bond acceptors (Lipinski definition) is 4. The zero-order valence-corrected chi connectivity index (χ0v) is 13.5. The molecular formula is C15H23N3OS. The number of aryl methyl sites for hydroxylation is 2. The molecule has 0 aliphatic rings.